The van der Waals surface area contributed by atoms with Gasteiger partial charge in [-0.25, -0.2) is 4.98 Å². The van der Waals surface area contributed by atoms with Crippen LogP contribution >= 0.6 is 11.3 Å². The fraction of sp³-hybridized carbons (Fsp3) is 0.250. The zero-order valence-electron chi connectivity index (χ0n) is 6.87. The van der Waals surface area contributed by atoms with Crippen molar-refractivity contribution in [2.24, 2.45) is 0 Å². The van der Waals surface area contributed by atoms with Gasteiger partial charge in [0, 0.05) is 10.9 Å². The van der Waals surface area contributed by atoms with Crippen molar-refractivity contribution in [3.05, 3.63) is 22.8 Å². The largest absolute Gasteiger partial charge is 0.354 e. The average Bonchev–Trinajstić information content (AvgIpc) is 2.61. The molecule has 0 bridgehead atoms. The summed E-state index contributed by atoms with van der Waals surface area (Å²) in [6.45, 7) is 4.04. The highest BCUT2D eigenvalue weighted by Gasteiger charge is 2.08. The van der Waals surface area contributed by atoms with Crippen LogP contribution in [-0.2, 0) is 0 Å². The highest BCUT2D eigenvalue weighted by molar-refractivity contribution is 7.15. The quantitative estimate of drug-likeness (QED) is 0.676. The van der Waals surface area contributed by atoms with E-state index >= 15 is 0 Å². The minimum Gasteiger partial charge on any atom is -0.354 e. The summed E-state index contributed by atoms with van der Waals surface area (Å²) in [6, 6.07) is 1.82. The molecule has 0 amide bonds. The lowest BCUT2D eigenvalue weighted by Gasteiger charge is -1.82. The predicted octanol–water partition coefficient (Wildman–Crippen LogP) is 2.41. The van der Waals surface area contributed by atoms with E-state index in [1.54, 1.807) is 17.5 Å². The molecule has 62 valence electrons. The molecule has 0 N–H and O–H groups in total. The van der Waals surface area contributed by atoms with Gasteiger partial charge in [-0.1, -0.05) is 5.16 Å². The van der Waals surface area contributed by atoms with Crippen LogP contribution in [0.25, 0.3) is 10.8 Å². The summed E-state index contributed by atoms with van der Waals surface area (Å²) in [4.78, 5) is 5.56. The van der Waals surface area contributed by atoms with Crippen molar-refractivity contribution in [2.75, 3.05) is 0 Å². The van der Waals surface area contributed by atoms with E-state index in [2.05, 4.69) is 10.1 Å². The maximum absolute atomic E-state index is 4.99. The Labute approximate surface area is 74.0 Å². The highest BCUT2D eigenvalue weighted by atomic mass is 32.1. The summed E-state index contributed by atoms with van der Waals surface area (Å²) in [5.74, 6) is 0.746. The molecule has 4 heteroatoms. The van der Waals surface area contributed by atoms with Crippen molar-refractivity contribution in [1.29, 1.82) is 0 Å². The van der Waals surface area contributed by atoms with Gasteiger partial charge in [0.2, 0.25) is 0 Å². The molecular weight excluding hydrogens is 172 g/mol. The van der Waals surface area contributed by atoms with E-state index < -0.39 is 0 Å². The van der Waals surface area contributed by atoms with Crippen molar-refractivity contribution in [1.82, 2.24) is 10.1 Å². The number of hydrogen-bond acceptors (Lipinski definition) is 4. The Morgan fingerprint density at radius 3 is 2.75 bits per heavy atom. The third kappa shape index (κ3) is 1.14. The van der Waals surface area contributed by atoms with Gasteiger partial charge in [-0.15, -0.1) is 11.3 Å². The second kappa shape index (κ2) is 2.71. The smallest absolute Gasteiger partial charge is 0.195 e. The Balaban J connectivity index is 2.48. The Kier molecular flexibility index (Phi) is 1.69. The maximum Gasteiger partial charge on any atom is 0.195 e. The highest BCUT2D eigenvalue weighted by Crippen LogP contribution is 2.26. The molecular formula is C8H8N2OS. The number of hydrogen-bond donors (Lipinski definition) is 0. The second-order valence-corrected chi connectivity index (χ2v) is 3.74. The third-order valence-electron chi connectivity index (χ3n) is 1.68. The molecule has 0 aliphatic heterocycles. The number of aryl methyl sites for hydroxylation is 2. The topological polar surface area (TPSA) is 38.9 Å². The molecule has 0 aliphatic rings. The van der Waals surface area contributed by atoms with Gasteiger partial charge < -0.3 is 4.52 Å². The van der Waals surface area contributed by atoms with Crippen LogP contribution in [0.1, 0.15) is 10.6 Å². The van der Waals surface area contributed by atoms with Crippen LogP contribution < -0.4 is 0 Å². The van der Waals surface area contributed by atoms with Gasteiger partial charge in [-0.05, 0) is 13.8 Å². The van der Waals surface area contributed by atoms with E-state index in [1.165, 1.54) is 4.88 Å². The van der Waals surface area contributed by atoms with Crippen molar-refractivity contribution in [3.8, 4) is 10.8 Å². The van der Waals surface area contributed by atoms with Crippen molar-refractivity contribution in [2.45, 2.75) is 13.8 Å². The molecule has 0 fully saturated rings. The van der Waals surface area contributed by atoms with E-state index in [4.69, 9.17) is 4.52 Å². The standard InChI is InChI=1S/C8H8N2OS/c1-5-6(2)12-8(10-5)7-3-4-9-11-7/h3-4H,1-2H3. The number of rotatable bonds is 1. The molecule has 2 heterocycles. The van der Waals surface area contributed by atoms with E-state index in [0.29, 0.717) is 0 Å². The molecule has 0 saturated heterocycles. The molecule has 3 nitrogen and oxygen atoms in total. The zero-order valence-corrected chi connectivity index (χ0v) is 7.68. The Bertz CT molecular complexity index is 358. The normalized spacial score (nSPS) is 10.5. The minimum atomic E-state index is 0.746. The van der Waals surface area contributed by atoms with Gasteiger partial charge >= 0.3 is 0 Å². The second-order valence-electron chi connectivity index (χ2n) is 2.54. The molecule has 0 spiro atoms. The summed E-state index contributed by atoms with van der Waals surface area (Å²) in [7, 11) is 0. The van der Waals surface area contributed by atoms with Crippen molar-refractivity contribution >= 4 is 11.3 Å². The van der Waals surface area contributed by atoms with E-state index in [0.717, 1.165) is 16.5 Å². The Morgan fingerprint density at radius 1 is 1.42 bits per heavy atom. The van der Waals surface area contributed by atoms with E-state index in [-0.39, 0.29) is 0 Å². The van der Waals surface area contributed by atoms with Crippen molar-refractivity contribution < 1.29 is 4.52 Å². The molecule has 0 aromatic carbocycles. The molecule has 2 aromatic heterocycles. The Hall–Kier alpha value is -1.16. The van der Waals surface area contributed by atoms with Gasteiger partial charge in [0.25, 0.3) is 0 Å². The number of aromatic nitrogens is 2. The van der Waals surface area contributed by atoms with Crippen LogP contribution in [0.4, 0.5) is 0 Å². The first-order valence-corrected chi connectivity index (χ1v) is 4.44. The molecule has 2 aromatic rings. The summed E-state index contributed by atoms with van der Waals surface area (Å²) in [5, 5.41) is 4.53. The summed E-state index contributed by atoms with van der Waals surface area (Å²) in [5.41, 5.74) is 1.06. The van der Waals surface area contributed by atoms with E-state index in [1.807, 2.05) is 19.9 Å². The first-order chi connectivity index (χ1) is 5.77. The van der Waals surface area contributed by atoms with Crippen LogP contribution in [0.2, 0.25) is 0 Å². The fourth-order valence-electron chi connectivity index (χ4n) is 0.904. The molecule has 0 aliphatic carbocycles. The van der Waals surface area contributed by atoms with Gasteiger partial charge in [-0.2, -0.15) is 0 Å². The molecule has 2 rings (SSSR count). The minimum absolute atomic E-state index is 0.746. The molecule has 0 radical (unpaired) electrons. The molecule has 0 saturated carbocycles. The van der Waals surface area contributed by atoms with Crippen LogP contribution in [0.5, 0.6) is 0 Å². The first kappa shape index (κ1) is 7.49. The Morgan fingerprint density at radius 2 is 2.25 bits per heavy atom. The lowest BCUT2D eigenvalue weighted by atomic mass is 10.4. The predicted molar refractivity (Wildman–Crippen MR) is 47.1 cm³/mol. The van der Waals surface area contributed by atoms with Gasteiger partial charge in [0.05, 0.1) is 11.9 Å². The molecule has 0 unspecified atom stereocenters. The average molecular weight is 180 g/mol. The van der Waals surface area contributed by atoms with Crippen LogP contribution in [0, 0.1) is 13.8 Å². The van der Waals surface area contributed by atoms with Gasteiger partial charge in [0.1, 0.15) is 0 Å². The van der Waals surface area contributed by atoms with E-state index in [9.17, 15) is 0 Å². The maximum atomic E-state index is 4.99. The first-order valence-electron chi connectivity index (χ1n) is 3.62. The van der Waals surface area contributed by atoms with Gasteiger partial charge in [0.15, 0.2) is 10.8 Å². The van der Waals surface area contributed by atoms with Crippen molar-refractivity contribution in [3.63, 3.8) is 0 Å². The summed E-state index contributed by atoms with van der Waals surface area (Å²) >= 11 is 1.63. The van der Waals surface area contributed by atoms with Crippen LogP contribution in [-0.4, -0.2) is 10.1 Å². The molecule has 12 heavy (non-hydrogen) atoms. The lowest BCUT2D eigenvalue weighted by molar-refractivity contribution is 0.432. The molecule has 0 atom stereocenters. The number of thiazole rings is 1. The van der Waals surface area contributed by atoms with Gasteiger partial charge in [-0.3, -0.25) is 0 Å². The van der Waals surface area contributed by atoms with Crippen LogP contribution in [0.15, 0.2) is 16.8 Å². The summed E-state index contributed by atoms with van der Waals surface area (Å²) < 4.78 is 4.99. The fourth-order valence-corrected chi connectivity index (χ4v) is 1.78. The monoisotopic (exact) mass is 180 g/mol. The zero-order chi connectivity index (χ0) is 8.55. The van der Waals surface area contributed by atoms with Crippen LogP contribution in [0.3, 0.4) is 0 Å². The third-order valence-corrected chi connectivity index (χ3v) is 2.76. The lowest BCUT2D eigenvalue weighted by Crippen LogP contribution is -1.73. The summed E-state index contributed by atoms with van der Waals surface area (Å²) in [6.07, 6.45) is 1.63. The number of nitrogens with zero attached hydrogens (tertiary/aromatic N) is 2. The SMILES string of the molecule is Cc1nc(-c2ccno2)sc1C.